The highest BCUT2D eigenvalue weighted by Crippen LogP contribution is 2.31. The van der Waals surface area contributed by atoms with Crippen molar-refractivity contribution in [2.75, 3.05) is 0 Å². The van der Waals surface area contributed by atoms with Gasteiger partial charge < -0.3 is 23.4 Å². The molecule has 156 valence electrons. The maximum absolute atomic E-state index is 15.1. The van der Waals surface area contributed by atoms with Crippen LogP contribution < -0.4 is 10.4 Å². The number of hydrogen-bond donors (Lipinski definition) is 0. The SMILES string of the molecule is CC(=O)O[C@H]1[C@H](F)[C@H](Oc2ccc3c(C)cc(=O)oc3c2)O[C@@H](C)[C@H]1OC(C)=O. The van der Waals surface area contributed by atoms with Gasteiger partial charge in [-0.1, -0.05) is 0 Å². The van der Waals surface area contributed by atoms with Gasteiger partial charge in [-0.3, -0.25) is 9.59 Å². The Morgan fingerprint density at radius 2 is 1.72 bits per heavy atom. The van der Waals surface area contributed by atoms with Crippen LogP contribution in [0.1, 0.15) is 26.3 Å². The largest absolute Gasteiger partial charge is 0.461 e. The minimum Gasteiger partial charge on any atom is -0.461 e. The van der Waals surface area contributed by atoms with E-state index in [1.54, 1.807) is 26.0 Å². The molecule has 1 saturated heterocycles. The Hall–Kier alpha value is -2.94. The van der Waals surface area contributed by atoms with Crippen molar-refractivity contribution in [3.8, 4) is 5.75 Å². The Morgan fingerprint density at radius 3 is 2.38 bits per heavy atom. The number of fused-ring (bicyclic) bond motifs is 1. The van der Waals surface area contributed by atoms with E-state index in [9.17, 15) is 14.4 Å². The lowest BCUT2D eigenvalue weighted by Crippen LogP contribution is -2.59. The Morgan fingerprint density at radius 1 is 1.07 bits per heavy atom. The van der Waals surface area contributed by atoms with Crippen molar-refractivity contribution in [3.63, 3.8) is 0 Å². The number of carbonyl (C=O) groups excluding carboxylic acids is 2. The minimum atomic E-state index is -1.93. The van der Waals surface area contributed by atoms with Crippen molar-refractivity contribution in [1.82, 2.24) is 0 Å². The molecule has 1 fully saturated rings. The summed E-state index contributed by atoms with van der Waals surface area (Å²) >= 11 is 0. The highest BCUT2D eigenvalue weighted by Gasteiger charge is 2.50. The van der Waals surface area contributed by atoms with E-state index in [-0.39, 0.29) is 11.3 Å². The second-order valence-corrected chi connectivity index (χ2v) is 6.83. The molecule has 8 nitrogen and oxygen atoms in total. The Bertz CT molecular complexity index is 984. The summed E-state index contributed by atoms with van der Waals surface area (Å²) in [6.07, 6.45) is -6.69. The van der Waals surface area contributed by atoms with Gasteiger partial charge in [-0.2, -0.15) is 0 Å². The van der Waals surface area contributed by atoms with Crippen molar-refractivity contribution in [2.45, 2.75) is 58.5 Å². The molecule has 0 spiro atoms. The molecule has 0 amide bonds. The zero-order chi connectivity index (χ0) is 21.3. The van der Waals surface area contributed by atoms with Gasteiger partial charge in [0, 0.05) is 31.4 Å². The van der Waals surface area contributed by atoms with Gasteiger partial charge in [0.1, 0.15) is 11.3 Å². The summed E-state index contributed by atoms with van der Waals surface area (Å²) < 4.78 is 41.5. The fourth-order valence-electron chi connectivity index (χ4n) is 3.25. The lowest BCUT2D eigenvalue weighted by atomic mass is 10.00. The van der Waals surface area contributed by atoms with Crippen LogP contribution in [0.2, 0.25) is 0 Å². The van der Waals surface area contributed by atoms with Crippen molar-refractivity contribution in [3.05, 3.63) is 40.2 Å². The van der Waals surface area contributed by atoms with E-state index in [1.165, 1.54) is 12.1 Å². The molecule has 1 aromatic heterocycles. The maximum atomic E-state index is 15.1. The van der Waals surface area contributed by atoms with E-state index in [1.807, 2.05) is 0 Å². The third-order valence-corrected chi connectivity index (χ3v) is 4.49. The average molecular weight is 408 g/mol. The molecule has 2 aromatic rings. The van der Waals surface area contributed by atoms with Gasteiger partial charge in [0.15, 0.2) is 12.2 Å². The summed E-state index contributed by atoms with van der Waals surface area (Å²) in [5, 5.41) is 0.708. The van der Waals surface area contributed by atoms with Crippen molar-refractivity contribution in [2.24, 2.45) is 0 Å². The Labute approximate surface area is 165 Å². The molecule has 1 aliphatic heterocycles. The highest BCUT2D eigenvalue weighted by atomic mass is 19.1. The molecule has 0 radical (unpaired) electrons. The van der Waals surface area contributed by atoms with E-state index in [0.717, 1.165) is 19.4 Å². The van der Waals surface area contributed by atoms with E-state index in [2.05, 4.69) is 0 Å². The molecule has 1 aromatic carbocycles. The number of esters is 2. The molecule has 0 N–H and O–H groups in total. The molecule has 0 saturated carbocycles. The van der Waals surface area contributed by atoms with Crippen LogP contribution in [0.25, 0.3) is 11.0 Å². The quantitative estimate of drug-likeness (QED) is 0.562. The van der Waals surface area contributed by atoms with Crippen molar-refractivity contribution < 1.29 is 37.3 Å². The fraction of sp³-hybridized carbons (Fsp3) is 0.450. The lowest BCUT2D eigenvalue weighted by molar-refractivity contribution is -0.261. The first-order valence-electron chi connectivity index (χ1n) is 9.01. The van der Waals surface area contributed by atoms with Crippen LogP contribution in [0, 0.1) is 6.92 Å². The zero-order valence-electron chi connectivity index (χ0n) is 16.3. The molecule has 0 aliphatic carbocycles. The first kappa shape index (κ1) is 20.8. The number of aryl methyl sites for hydroxylation is 1. The molecule has 0 unspecified atom stereocenters. The van der Waals surface area contributed by atoms with Gasteiger partial charge >= 0.3 is 17.6 Å². The lowest BCUT2D eigenvalue weighted by Gasteiger charge is -2.40. The van der Waals surface area contributed by atoms with Crippen LogP contribution in [0.5, 0.6) is 5.75 Å². The molecule has 1 aliphatic rings. The van der Waals surface area contributed by atoms with Gasteiger partial charge in [-0.25, -0.2) is 9.18 Å². The molecular weight excluding hydrogens is 387 g/mol. The molecule has 2 heterocycles. The second kappa shape index (κ2) is 8.20. The Kier molecular flexibility index (Phi) is 5.88. The fourth-order valence-corrected chi connectivity index (χ4v) is 3.25. The first-order chi connectivity index (χ1) is 13.7. The summed E-state index contributed by atoms with van der Waals surface area (Å²) in [4.78, 5) is 34.3. The van der Waals surface area contributed by atoms with Gasteiger partial charge in [0.25, 0.3) is 0 Å². The van der Waals surface area contributed by atoms with E-state index in [0.29, 0.717) is 5.39 Å². The number of rotatable bonds is 4. The number of halogens is 1. The number of benzene rings is 1. The molecule has 5 atom stereocenters. The predicted octanol–water partition coefficient (Wildman–Crippen LogP) is 2.43. The third kappa shape index (κ3) is 4.56. The number of hydrogen-bond acceptors (Lipinski definition) is 8. The highest BCUT2D eigenvalue weighted by molar-refractivity contribution is 5.81. The van der Waals surface area contributed by atoms with Gasteiger partial charge in [-0.15, -0.1) is 0 Å². The average Bonchev–Trinajstić information content (AvgIpc) is 2.61. The summed E-state index contributed by atoms with van der Waals surface area (Å²) in [5.74, 6) is -1.20. The molecule has 3 rings (SSSR count). The van der Waals surface area contributed by atoms with Gasteiger partial charge in [0.05, 0.1) is 6.10 Å². The smallest absolute Gasteiger partial charge is 0.336 e. The maximum Gasteiger partial charge on any atom is 0.336 e. The Balaban J connectivity index is 1.86. The summed E-state index contributed by atoms with van der Waals surface area (Å²) in [7, 11) is 0. The van der Waals surface area contributed by atoms with Crippen molar-refractivity contribution in [1.29, 1.82) is 0 Å². The summed E-state index contributed by atoms with van der Waals surface area (Å²) in [6.45, 7) is 5.61. The summed E-state index contributed by atoms with van der Waals surface area (Å²) in [6, 6.07) is 6.07. The summed E-state index contributed by atoms with van der Waals surface area (Å²) in [5.41, 5.74) is 0.492. The van der Waals surface area contributed by atoms with Crippen LogP contribution in [0.15, 0.2) is 33.5 Å². The molecular formula is C20H21FO8. The molecule has 9 heteroatoms. The molecule has 0 bridgehead atoms. The minimum absolute atomic E-state index is 0.193. The van der Waals surface area contributed by atoms with Gasteiger partial charge in [0.2, 0.25) is 12.5 Å². The first-order valence-corrected chi connectivity index (χ1v) is 9.01. The van der Waals surface area contributed by atoms with E-state index in [4.69, 9.17) is 23.4 Å². The number of alkyl halides is 1. The topological polar surface area (TPSA) is 101 Å². The number of ether oxygens (including phenoxy) is 4. The standard InChI is InChI=1S/C20H21FO8/c1-9-7-16(24)29-15-8-13(5-6-14(9)15)28-20-17(21)19(27-12(4)23)18(10(2)25-20)26-11(3)22/h5-8,10,17-20H,1-4H3/t10-,17-,18+,19-,20-/m0/s1. The van der Waals surface area contributed by atoms with Gasteiger partial charge in [-0.05, 0) is 31.5 Å². The van der Waals surface area contributed by atoms with Crippen LogP contribution in [0.4, 0.5) is 4.39 Å². The van der Waals surface area contributed by atoms with E-state index >= 15 is 4.39 Å². The van der Waals surface area contributed by atoms with Crippen LogP contribution in [-0.2, 0) is 23.8 Å². The van der Waals surface area contributed by atoms with Crippen LogP contribution >= 0.6 is 0 Å². The zero-order valence-corrected chi connectivity index (χ0v) is 16.3. The predicted molar refractivity (Wildman–Crippen MR) is 98.2 cm³/mol. The second-order valence-electron chi connectivity index (χ2n) is 6.83. The monoisotopic (exact) mass is 408 g/mol. The normalized spacial score (nSPS) is 26.7. The van der Waals surface area contributed by atoms with Crippen LogP contribution in [-0.4, -0.2) is 42.7 Å². The van der Waals surface area contributed by atoms with Crippen molar-refractivity contribution >= 4 is 22.9 Å². The van der Waals surface area contributed by atoms with E-state index < -0.39 is 48.3 Å². The molecule has 29 heavy (non-hydrogen) atoms. The number of carbonyl (C=O) groups is 2. The van der Waals surface area contributed by atoms with Crippen LogP contribution in [0.3, 0.4) is 0 Å². The third-order valence-electron chi connectivity index (χ3n) is 4.49.